The van der Waals surface area contributed by atoms with E-state index >= 15 is 0 Å². The fraction of sp³-hybridized carbons (Fsp3) is 0.200. The number of thiazole rings is 1. The number of fused-ring (bicyclic) bond motifs is 3. The summed E-state index contributed by atoms with van der Waals surface area (Å²) in [5.41, 5.74) is 1.49. The summed E-state index contributed by atoms with van der Waals surface area (Å²) in [4.78, 5) is 17.2. The molecule has 0 atom stereocenters. The number of rotatable bonds is 1. The molecule has 0 fully saturated rings. The van der Waals surface area contributed by atoms with Crippen molar-refractivity contribution in [3.63, 3.8) is 0 Å². The van der Waals surface area contributed by atoms with Crippen LogP contribution in [0.15, 0.2) is 26.7 Å². The fourth-order valence-corrected chi connectivity index (χ4v) is 3.10. The Hall–Kier alpha value is -2.34. The van der Waals surface area contributed by atoms with Crippen LogP contribution in [0.1, 0.15) is 10.8 Å². The lowest BCUT2D eigenvalue weighted by molar-refractivity contribution is 0.174. The second-order valence-electron chi connectivity index (χ2n) is 4.79. The molecule has 3 heterocycles. The van der Waals surface area contributed by atoms with E-state index in [1.165, 1.54) is 11.3 Å². The van der Waals surface area contributed by atoms with Gasteiger partial charge in [-0.15, -0.1) is 11.3 Å². The highest BCUT2D eigenvalue weighted by atomic mass is 32.1. The monoisotopic (exact) mass is 301 g/mol. The SMILES string of the molecule is Cc1nc(-c2c(C)oc3c4c(ccc3c2=O)OCO4)cs1. The third-order valence-electron chi connectivity index (χ3n) is 3.45. The van der Waals surface area contributed by atoms with Gasteiger partial charge in [0.15, 0.2) is 11.3 Å². The minimum absolute atomic E-state index is 0.0997. The van der Waals surface area contributed by atoms with E-state index in [-0.39, 0.29) is 12.2 Å². The summed E-state index contributed by atoms with van der Waals surface area (Å²) in [5, 5.41) is 3.26. The maximum Gasteiger partial charge on any atom is 0.231 e. The van der Waals surface area contributed by atoms with Crippen molar-refractivity contribution < 1.29 is 13.9 Å². The lowest BCUT2D eigenvalue weighted by Crippen LogP contribution is -2.08. The van der Waals surface area contributed by atoms with Crippen LogP contribution in [0.4, 0.5) is 0 Å². The maximum absolute atomic E-state index is 12.8. The Labute approximate surface area is 123 Å². The second-order valence-corrected chi connectivity index (χ2v) is 5.85. The topological polar surface area (TPSA) is 61.6 Å². The number of nitrogens with zero attached hydrogens (tertiary/aromatic N) is 1. The van der Waals surface area contributed by atoms with Gasteiger partial charge in [0.1, 0.15) is 5.76 Å². The molecule has 2 aromatic heterocycles. The summed E-state index contributed by atoms with van der Waals surface area (Å²) in [6, 6.07) is 3.43. The zero-order valence-electron chi connectivity index (χ0n) is 11.4. The van der Waals surface area contributed by atoms with E-state index in [9.17, 15) is 4.79 Å². The average molecular weight is 301 g/mol. The number of ether oxygens (including phenoxy) is 2. The third-order valence-corrected chi connectivity index (χ3v) is 4.22. The summed E-state index contributed by atoms with van der Waals surface area (Å²) >= 11 is 1.51. The molecule has 0 saturated heterocycles. The zero-order valence-corrected chi connectivity index (χ0v) is 12.2. The van der Waals surface area contributed by atoms with E-state index in [4.69, 9.17) is 13.9 Å². The molecular formula is C15H11NO4S. The van der Waals surface area contributed by atoms with Crippen molar-refractivity contribution in [3.8, 4) is 22.8 Å². The Bertz CT molecular complexity index is 925. The van der Waals surface area contributed by atoms with E-state index in [0.29, 0.717) is 39.5 Å². The van der Waals surface area contributed by atoms with Gasteiger partial charge in [-0.1, -0.05) is 0 Å². The van der Waals surface area contributed by atoms with Crippen LogP contribution < -0.4 is 14.9 Å². The molecule has 3 aromatic rings. The molecule has 1 aliphatic heterocycles. The van der Waals surface area contributed by atoms with Gasteiger partial charge in [-0.3, -0.25) is 4.79 Å². The molecule has 0 amide bonds. The summed E-state index contributed by atoms with van der Waals surface area (Å²) in [7, 11) is 0. The highest BCUT2D eigenvalue weighted by molar-refractivity contribution is 7.09. The van der Waals surface area contributed by atoms with Gasteiger partial charge in [0.25, 0.3) is 0 Å². The van der Waals surface area contributed by atoms with Crippen LogP contribution in [0.2, 0.25) is 0 Å². The van der Waals surface area contributed by atoms with E-state index in [1.807, 2.05) is 12.3 Å². The predicted octanol–water partition coefficient (Wildman–Crippen LogP) is 3.26. The zero-order chi connectivity index (χ0) is 14.6. The summed E-state index contributed by atoms with van der Waals surface area (Å²) < 4.78 is 16.6. The van der Waals surface area contributed by atoms with Gasteiger partial charge in [-0.05, 0) is 26.0 Å². The predicted molar refractivity (Wildman–Crippen MR) is 79.2 cm³/mol. The molecule has 0 saturated carbocycles. The molecule has 0 unspecified atom stereocenters. The van der Waals surface area contributed by atoms with E-state index in [1.54, 1.807) is 19.1 Å². The minimum atomic E-state index is -0.0997. The molecule has 21 heavy (non-hydrogen) atoms. The van der Waals surface area contributed by atoms with Gasteiger partial charge in [0, 0.05) is 5.38 Å². The number of hydrogen-bond acceptors (Lipinski definition) is 6. The Balaban J connectivity index is 2.07. The molecule has 6 heteroatoms. The van der Waals surface area contributed by atoms with Gasteiger partial charge in [0.05, 0.1) is 21.7 Å². The van der Waals surface area contributed by atoms with Gasteiger partial charge >= 0.3 is 0 Å². The Morgan fingerprint density at radius 1 is 1.24 bits per heavy atom. The van der Waals surface area contributed by atoms with Crippen molar-refractivity contribution in [3.05, 3.63) is 38.5 Å². The number of aromatic nitrogens is 1. The Morgan fingerprint density at radius 2 is 2.10 bits per heavy atom. The standard InChI is InChI=1S/C15H11NO4S/c1-7-12(10-5-21-8(2)16-10)13(17)9-3-4-11-15(14(9)20-7)19-6-18-11/h3-5H,6H2,1-2H3. The smallest absolute Gasteiger partial charge is 0.231 e. The average Bonchev–Trinajstić information content (AvgIpc) is 3.07. The van der Waals surface area contributed by atoms with Crippen LogP contribution >= 0.6 is 11.3 Å². The molecule has 4 rings (SSSR count). The fourth-order valence-electron chi connectivity index (χ4n) is 2.50. The van der Waals surface area contributed by atoms with E-state index in [2.05, 4.69) is 4.98 Å². The van der Waals surface area contributed by atoms with Crippen molar-refractivity contribution in [2.24, 2.45) is 0 Å². The van der Waals surface area contributed by atoms with Gasteiger partial charge in [-0.25, -0.2) is 4.98 Å². The first-order chi connectivity index (χ1) is 10.1. The lowest BCUT2D eigenvalue weighted by atomic mass is 10.1. The lowest BCUT2D eigenvalue weighted by Gasteiger charge is -2.06. The van der Waals surface area contributed by atoms with Crippen molar-refractivity contribution in [2.75, 3.05) is 6.79 Å². The van der Waals surface area contributed by atoms with Crippen LogP contribution in [0.25, 0.3) is 22.2 Å². The van der Waals surface area contributed by atoms with Crippen LogP contribution in [0, 0.1) is 13.8 Å². The first-order valence-electron chi connectivity index (χ1n) is 6.43. The highest BCUT2D eigenvalue weighted by Crippen LogP contribution is 2.39. The van der Waals surface area contributed by atoms with Crippen LogP contribution in [-0.2, 0) is 0 Å². The highest BCUT2D eigenvalue weighted by Gasteiger charge is 2.23. The van der Waals surface area contributed by atoms with E-state index < -0.39 is 0 Å². The Kier molecular flexibility index (Phi) is 2.56. The molecule has 0 spiro atoms. The Morgan fingerprint density at radius 3 is 2.86 bits per heavy atom. The van der Waals surface area contributed by atoms with E-state index in [0.717, 1.165) is 5.01 Å². The van der Waals surface area contributed by atoms with Gasteiger partial charge < -0.3 is 13.9 Å². The van der Waals surface area contributed by atoms with Gasteiger partial charge in [-0.2, -0.15) is 0 Å². The summed E-state index contributed by atoms with van der Waals surface area (Å²) in [6.45, 7) is 3.81. The number of benzene rings is 1. The molecule has 106 valence electrons. The van der Waals surface area contributed by atoms with Crippen molar-refractivity contribution in [1.82, 2.24) is 4.98 Å². The second kappa shape index (κ2) is 4.33. The molecule has 1 aliphatic rings. The molecular weight excluding hydrogens is 290 g/mol. The minimum Gasteiger partial charge on any atom is -0.456 e. The first kappa shape index (κ1) is 12.4. The molecule has 0 radical (unpaired) electrons. The third kappa shape index (κ3) is 1.76. The van der Waals surface area contributed by atoms with Crippen molar-refractivity contribution in [2.45, 2.75) is 13.8 Å². The largest absolute Gasteiger partial charge is 0.456 e. The number of aryl methyl sites for hydroxylation is 2. The van der Waals surface area contributed by atoms with Crippen LogP contribution in [-0.4, -0.2) is 11.8 Å². The number of hydrogen-bond donors (Lipinski definition) is 0. The molecule has 5 nitrogen and oxygen atoms in total. The van der Waals surface area contributed by atoms with Crippen molar-refractivity contribution in [1.29, 1.82) is 0 Å². The molecule has 0 bridgehead atoms. The van der Waals surface area contributed by atoms with Crippen LogP contribution in [0.3, 0.4) is 0 Å². The molecule has 0 N–H and O–H groups in total. The summed E-state index contributed by atoms with van der Waals surface area (Å²) in [6.07, 6.45) is 0. The molecule has 1 aromatic carbocycles. The van der Waals surface area contributed by atoms with Gasteiger partial charge in [0.2, 0.25) is 18.0 Å². The maximum atomic E-state index is 12.8. The van der Waals surface area contributed by atoms with Crippen LogP contribution in [0.5, 0.6) is 11.5 Å². The quantitative estimate of drug-likeness (QED) is 0.690. The first-order valence-corrected chi connectivity index (χ1v) is 7.31. The molecule has 0 aliphatic carbocycles. The normalized spacial score (nSPS) is 13.0. The van der Waals surface area contributed by atoms with Crippen molar-refractivity contribution >= 4 is 22.3 Å². The summed E-state index contributed by atoms with van der Waals surface area (Å²) in [5.74, 6) is 1.62.